The van der Waals surface area contributed by atoms with E-state index in [9.17, 15) is 4.79 Å². The summed E-state index contributed by atoms with van der Waals surface area (Å²) in [6.45, 7) is 12.4. The van der Waals surface area contributed by atoms with E-state index in [0.717, 1.165) is 66.7 Å². The number of carbonyl (C=O) groups excluding carboxylic acids is 1. The molecule has 1 saturated heterocycles. The minimum Gasteiger partial charge on any atom is -0.352 e. The standard InChI is InChI=1S/C24H29N5OS/c1-4-27-10-9-19-20(15-27)31-23-21(19)22(25-17(3)26-23)28-11-13-29(14-12-28)24(30)18-8-6-5-7-16(18)2/h5-8H,4,9-15H2,1-3H3. The fourth-order valence-corrected chi connectivity index (χ4v) is 6.04. The molecule has 0 saturated carbocycles. The number of fused-ring (bicyclic) bond motifs is 3. The average Bonchev–Trinajstić information content (AvgIpc) is 3.15. The van der Waals surface area contributed by atoms with Gasteiger partial charge in [-0.2, -0.15) is 0 Å². The van der Waals surface area contributed by atoms with E-state index >= 15 is 0 Å². The molecule has 2 aromatic heterocycles. The summed E-state index contributed by atoms with van der Waals surface area (Å²) in [7, 11) is 0. The first-order chi connectivity index (χ1) is 15.0. The van der Waals surface area contributed by atoms with Crippen LogP contribution in [0.15, 0.2) is 24.3 Å². The molecule has 4 heterocycles. The zero-order chi connectivity index (χ0) is 21.5. The molecular formula is C24H29N5OS. The molecule has 162 valence electrons. The summed E-state index contributed by atoms with van der Waals surface area (Å²) in [5.41, 5.74) is 3.29. The van der Waals surface area contributed by atoms with Gasteiger partial charge in [-0.1, -0.05) is 25.1 Å². The number of hydrogen-bond acceptors (Lipinski definition) is 6. The van der Waals surface area contributed by atoms with Crippen molar-refractivity contribution in [3.8, 4) is 0 Å². The first-order valence-electron chi connectivity index (χ1n) is 11.2. The van der Waals surface area contributed by atoms with Crippen molar-refractivity contribution >= 4 is 33.3 Å². The van der Waals surface area contributed by atoms with Gasteiger partial charge in [0.2, 0.25) is 0 Å². The Hall–Kier alpha value is -2.51. The van der Waals surface area contributed by atoms with Crippen LogP contribution in [0.2, 0.25) is 0 Å². The highest BCUT2D eigenvalue weighted by atomic mass is 32.1. The minimum atomic E-state index is 0.134. The van der Waals surface area contributed by atoms with Crippen LogP contribution in [-0.4, -0.2) is 64.9 Å². The Balaban J connectivity index is 1.40. The molecule has 0 spiro atoms. The lowest BCUT2D eigenvalue weighted by atomic mass is 10.0. The number of anilines is 1. The van der Waals surface area contributed by atoms with Crippen molar-refractivity contribution in [2.45, 2.75) is 33.7 Å². The van der Waals surface area contributed by atoms with Crippen LogP contribution in [0.3, 0.4) is 0 Å². The van der Waals surface area contributed by atoms with Gasteiger partial charge in [-0.15, -0.1) is 11.3 Å². The molecule has 0 N–H and O–H groups in total. The normalized spacial score (nSPS) is 17.3. The third-order valence-corrected chi connectivity index (χ3v) is 7.67. The van der Waals surface area contributed by atoms with Crippen LogP contribution in [-0.2, 0) is 13.0 Å². The Morgan fingerprint density at radius 2 is 1.84 bits per heavy atom. The molecule has 1 aromatic carbocycles. The Kier molecular flexibility index (Phi) is 5.40. The van der Waals surface area contributed by atoms with Crippen molar-refractivity contribution < 1.29 is 4.79 Å². The van der Waals surface area contributed by atoms with Crippen molar-refractivity contribution in [3.63, 3.8) is 0 Å². The molecule has 5 rings (SSSR count). The Bertz CT molecular complexity index is 1130. The van der Waals surface area contributed by atoms with Crippen molar-refractivity contribution in [3.05, 3.63) is 51.7 Å². The second kappa shape index (κ2) is 8.20. The molecule has 0 atom stereocenters. The number of likely N-dealkylation sites (N-methyl/N-ethyl adjacent to an activating group) is 1. The van der Waals surface area contributed by atoms with E-state index in [0.29, 0.717) is 13.1 Å². The van der Waals surface area contributed by atoms with E-state index < -0.39 is 0 Å². The van der Waals surface area contributed by atoms with Gasteiger partial charge < -0.3 is 9.80 Å². The second-order valence-electron chi connectivity index (χ2n) is 8.49. The molecule has 6 nitrogen and oxygen atoms in total. The van der Waals surface area contributed by atoms with Crippen LogP contribution < -0.4 is 4.90 Å². The van der Waals surface area contributed by atoms with E-state index in [2.05, 4.69) is 16.7 Å². The van der Waals surface area contributed by atoms with E-state index in [1.807, 2.05) is 54.3 Å². The van der Waals surface area contributed by atoms with Gasteiger partial charge in [-0.25, -0.2) is 9.97 Å². The van der Waals surface area contributed by atoms with Crippen LogP contribution in [0.25, 0.3) is 10.2 Å². The monoisotopic (exact) mass is 435 g/mol. The number of amides is 1. The molecule has 2 aliphatic heterocycles. The molecule has 1 amide bonds. The lowest BCUT2D eigenvalue weighted by molar-refractivity contribution is 0.0746. The predicted octanol–water partition coefficient (Wildman–Crippen LogP) is 3.65. The van der Waals surface area contributed by atoms with E-state index in [-0.39, 0.29) is 5.91 Å². The summed E-state index contributed by atoms with van der Waals surface area (Å²) in [6, 6.07) is 7.85. The Labute approximate surface area is 187 Å². The molecule has 3 aromatic rings. The summed E-state index contributed by atoms with van der Waals surface area (Å²) in [6.07, 6.45) is 1.06. The number of thiophene rings is 1. The fraction of sp³-hybridized carbons (Fsp3) is 0.458. The van der Waals surface area contributed by atoms with Crippen molar-refractivity contribution in [2.24, 2.45) is 0 Å². The highest BCUT2D eigenvalue weighted by Gasteiger charge is 2.28. The topological polar surface area (TPSA) is 52.6 Å². The molecule has 0 unspecified atom stereocenters. The lowest BCUT2D eigenvalue weighted by Gasteiger charge is -2.36. The molecule has 1 fully saturated rings. The predicted molar refractivity (Wildman–Crippen MR) is 126 cm³/mol. The third-order valence-electron chi connectivity index (χ3n) is 6.56. The minimum absolute atomic E-state index is 0.134. The smallest absolute Gasteiger partial charge is 0.254 e. The number of benzene rings is 1. The summed E-state index contributed by atoms with van der Waals surface area (Å²) >= 11 is 1.83. The fourth-order valence-electron chi connectivity index (χ4n) is 4.74. The van der Waals surface area contributed by atoms with Crippen LogP contribution in [0.4, 0.5) is 5.82 Å². The Morgan fingerprint density at radius 1 is 1.06 bits per heavy atom. The summed E-state index contributed by atoms with van der Waals surface area (Å²) in [5.74, 6) is 2.02. The largest absolute Gasteiger partial charge is 0.352 e. The quantitative estimate of drug-likeness (QED) is 0.629. The van der Waals surface area contributed by atoms with Gasteiger partial charge >= 0.3 is 0 Å². The number of aryl methyl sites for hydroxylation is 2. The van der Waals surface area contributed by atoms with Crippen LogP contribution in [0.1, 0.15) is 39.1 Å². The van der Waals surface area contributed by atoms with Gasteiger partial charge in [0, 0.05) is 49.7 Å². The molecule has 31 heavy (non-hydrogen) atoms. The van der Waals surface area contributed by atoms with E-state index in [1.54, 1.807) is 0 Å². The first kappa shape index (κ1) is 20.4. The molecular weight excluding hydrogens is 406 g/mol. The maximum Gasteiger partial charge on any atom is 0.254 e. The molecule has 7 heteroatoms. The molecule has 0 bridgehead atoms. The summed E-state index contributed by atoms with van der Waals surface area (Å²) < 4.78 is 0. The van der Waals surface area contributed by atoms with Gasteiger partial charge in [0.15, 0.2) is 0 Å². The van der Waals surface area contributed by atoms with Gasteiger partial charge in [-0.3, -0.25) is 9.69 Å². The van der Waals surface area contributed by atoms with Crippen LogP contribution >= 0.6 is 11.3 Å². The number of aromatic nitrogens is 2. The van der Waals surface area contributed by atoms with Gasteiger partial charge in [-0.05, 0) is 44.0 Å². The highest BCUT2D eigenvalue weighted by molar-refractivity contribution is 7.19. The number of piperazine rings is 1. The van der Waals surface area contributed by atoms with Crippen molar-refractivity contribution in [2.75, 3.05) is 44.2 Å². The first-order valence-corrected chi connectivity index (χ1v) is 12.0. The molecule has 0 radical (unpaired) electrons. The SMILES string of the molecule is CCN1CCc2c(sc3nc(C)nc(N4CCN(C(=O)c5ccccc5C)CC4)c23)C1. The third kappa shape index (κ3) is 3.70. The van der Waals surface area contributed by atoms with Crippen molar-refractivity contribution in [1.82, 2.24) is 19.8 Å². The summed E-state index contributed by atoms with van der Waals surface area (Å²) in [5, 5.41) is 1.25. The maximum atomic E-state index is 13.0. The van der Waals surface area contributed by atoms with Crippen LogP contribution in [0.5, 0.6) is 0 Å². The zero-order valence-corrected chi connectivity index (χ0v) is 19.3. The molecule has 0 aliphatic carbocycles. The zero-order valence-electron chi connectivity index (χ0n) is 18.5. The number of carbonyl (C=O) groups is 1. The van der Waals surface area contributed by atoms with Gasteiger partial charge in [0.05, 0.1) is 5.39 Å². The molecule has 2 aliphatic rings. The average molecular weight is 436 g/mol. The van der Waals surface area contributed by atoms with Gasteiger partial charge in [0.1, 0.15) is 16.5 Å². The summed E-state index contributed by atoms with van der Waals surface area (Å²) in [4.78, 5) is 32.1. The highest BCUT2D eigenvalue weighted by Crippen LogP contribution is 2.39. The number of nitrogens with zero attached hydrogens (tertiary/aromatic N) is 5. The Morgan fingerprint density at radius 3 is 2.58 bits per heavy atom. The maximum absolute atomic E-state index is 13.0. The lowest BCUT2D eigenvalue weighted by Crippen LogP contribution is -2.49. The number of rotatable bonds is 3. The second-order valence-corrected chi connectivity index (χ2v) is 9.57. The number of hydrogen-bond donors (Lipinski definition) is 0. The van der Waals surface area contributed by atoms with Crippen molar-refractivity contribution in [1.29, 1.82) is 0 Å². The van der Waals surface area contributed by atoms with E-state index in [4.69, 9.17) is 9.97 Å². The van der Waals surface area contributed by atoms with Crippen LogP contribution in [0, 0.1) is 13.8 Å². The van der Waals surface area contributed by atoms with E-state index in [1.165, 1.54) is 15.8 Å². The van der Waals surface area contributed by atoms with Gasteiger partial charge in [0.25, 0.3) is 5.91 Å².